The van der Waals surface area contributed by atoms with Crippen LogP contribution in [0.2, 0.25) is 0 Å². The van der Waals surface area contributed by atoms with Gasteiger partial charge in [-0.05, 0) is 6.92 Å². The Morgan fingerprint density at radius 1 is 1.64 bits per heavy atom. The number of carbonyl (C=O) groups is 1. The molecule has 2 atom stereocenters. The first-order chi connectivity index (χ1) is 6.44. The van der Waals surface area contributed by atoms with E-state index in [0.29, 0.717) is 0 Å². The monoisotopic (exact) mass is 224 g/mol. The second kappa shape index (κ2) is 6.23. The van der Waals surface area contributed by atoms with Gasteiger partial charge < -0.3 is 20.1 Å². The smallest absolute Gasteiger partial charge is 0.338 e. The first-order valence-electron chi connectivity index (χ1n) is 4.11. The van der Waals surface area contributed by atoms with E-state index in [1.54, 1.807) is 0 Å². The highest BCUT2D eigenvalue weighted by molar-refractivity contribution is 7.99. The molecule has 0 radical (unpaired) electrons. The highest BCUT2D eigenvalue weighted by atomic mass is 32.2. The Morgan fingerprint density at radius 3 is 2.64 bits per heavy atom. The zero-order valence-electron chi connectivity index (χ0n) is 8.27. The van der Waals surface area contributed by atoms with Gasteiger partial charge in [-0.25, -0.2) is 4.79 Å². The minimum absolute atomic E-state index is 0.122. The maximum atomic E-state index is 11.0. The molecule has 0 aliphatic heterocycles. The van der Waals surface area contributed by atoms with Crippen LogP contribution >= 0.6 is 11.8 Å². The zero-order valence-corrected chi connectivity index (χ0v) is 9.08. The number of thioether (sulfide) groups is 1. The van der Waals surface area contributed by atoms with E-state index in [9.17, 15) is 9.90 Å². The van der Waals surface area contributed by atoms with E-state index in [-0.39, 0.29) is 18.1 Å². The van der Waals surface area contributed by atoms with E-state index in [1.165, 1.54) is 25.8 Å². The van der Waals surface area contributed by atoms with E-state index in [2.05, 4.69) is 4.74 Å². The van der Waals surface area contributed by atoms with Crippen molar-refractivity contribution in [3.63, 3.8) is 0 Å². The van der Waals surface area contributed by atoms with Crippen molar-refractivity contribution in [1.29, 1.82) is 0 Å². The molecule has 5 nitrogen and oxygen atoms in total. The maximum Gasteiger partial charge on any atom is 0.338 e. The molecule has 0 heterocycles. The summed E-state index contributed by atoms with van der Waals surface area (Å²) in [7, 11) is 1.20. The van der Waals surface area contributed by atoms with Crippen LogP contribution in [0.1, 0.15) is 6.92 Å². The van der Waals surface area contributed by atoms with Gasteiger partial charge in [0.25, 0.3) is 0 Å². The molecule has 0 aliphatic carbocycles. The number of esters is 1. The van der Waals surface area contributed by atoms with Crippen molar-refractivity contribution in [3.8, 4) is 0 Å². The second-order valence-electron chi connectivity index (χ2n) is 3.12. The average Bonchev–Trinajstić information content (AvgIpc) is 2.15. The fourth-order valence-corrected chi connectivity index (χ4v) is 1.74. The van der Waals surface area contributed by atoms with Crippen molar-refractivity contribution in [1.82, 2.24) is 0 Å². The summed E-state index contributed by atoms with van der Waals surface area (Å²) in [6, 6.07) is 0. The van der Waals surface area contributed by atoms with Gasteiger partial charge in [-0.1, -0.05) is 0 Å². The minimum Gasteiger partial charge on any atom is -0.467 e. The normalized spacial score (nSPS) is 17.2. The fraction of sp³-hybridized carbons (Fsp3) is 0.875. The highest BCUT2D eigenvalue weighted by Gasteiger charge is 2.31. The summed E-state index contributed by atoms with van der Waals surface area (Å²) in [6.07, 6.45) is -0.826. The summed E-state index contributed by atoms with van der Waals surface area (Å²) in [4.78, 5) is 11.0. The van der Waals surface area contributed by atoms with Crippen LogP contribution in [0.4, 0.5) is 0 Å². The molecule has 84 valence electrons. The standard InChI is InChI=1S/C8H16O5S/c1-8(12,7(11)13-2)5-14-4-6(10)3-9/h6,9-10,12H,3-5H2,1-2H3. The van der Waals surface area contributed by atoms with Crippen molar-refractivity contribution in [2.75, 3.05) is 25.2 Å². The van der Waals surface area contributed by atoms with Crippen molar-refractivity contribution in [2.24, 2.45) is 0 Å². The lowest BCUT2D eigenvalue weighted by atomic mass is 10.1. The lowest BCUT2D eigenvalue weighted by Crippen LogP contribution is -2.39. The summed E-state index contributed by atoms with van der Waals surface area (Å²) in [5.74, 6) is -0.316. The Labute approximate surface area is 87.1 Å². The number of carbonyl (C=O) groups excluding carboxylic acids is 1. The van der Waals surface area contributed by atoms with Crippen LogP contribution < -0.4 is 0 Å². The molecular weight excluding hydrogens is 208 g/mol. The van der Waals surface area contributed by atoms with Crippen LogP contribution in [0.3, 0.4) is 0 Å². The third-order valence-electron chi connectivity index (χ3n) is 1.53. The van der Waals surface area contributed by atoms with E-state index in [4.69, 9.17) is 10.2 Å². The van der Waals surface area contributed by atoms with Crippen molar-refractivity contribution < 1.29 is 24.9 Å². The first-order valence-corrected chi connectivity index (χ1v) is 5.27. The quantitative estimate of drug-likeness (QED) is 0.501. The number of methoxy groups -OCH3 is 1. The summed E-state index contributed by atoms with van der Waals surface area (Å²) >= 11 is 1.18. The van der Waals surface area contributed by atoms with Gasteiger partial charge in [0.2, 0.25) is 0 Å². The van der Waals surface area contributed by atoms with Crippen LogP contribution in [0, 0.1) is 0 Å². The van der Waals surface area contributed by atoms with Crippen LogP contribution in [-0.2, 0) is 9.53 Å². The Balaban J connectivity index is 3.82. The van der Waals surface area contributed by atoms with E-state index in [0.717, 1.165) is 0 Å². The molecule has 14 heavy (non-hydrogen) atoms. The Bertz CT molecular complexity index is 183. The molecule has 2 unspecified atom stereocenters. The van der Waals surface area contributed by atoms with Crippen LogP contribution in [0.25, 0.3) is 0 Å². The molecule has 0 fully saturated rings. The van der Waals surface area contributed by atoms with Gasteiger partial charge in [0.15, 0.2) is 5.60 Å². The molecule has 0 bridgehead atoms. The zero-order chi connectivity index (χ0) is 11.2. The van der Waals surface area contributed by atoms with Gasteiger partial charge in [-0.3, -0.25) is 0 Å². The van der Waals surface area contributed by atoms with Crippen LogP contribution in [-0.4, -0.2) is 58.2 Å². The van der Waals surface area contributed by atoms with E-state index >= 15 is 0 Å². The predicted octanol–water partition coefficient (Wildman–Crippen LogP) is -1.00. The number of ether oxygens (including phenoxy) is 1. The molecule has 0 aromatic carbocycles. The minimum atomic E-state index is -1.55. The highest BCUT2D eigenvalue weighted by Crippen LogP contribution is 2.15. The molecule has 6 heteroatoms. The Kier molecular flexibility index (Phi) is 6.10. The van der Waals surface area contributed by atoms with Gasteiger partial charge in [-0.2, -0.15) is 11.8 Å². The maximum absolute atomic E-state index is 11.0. The van der Waals surface area contributed by atoms with Gasteiger partial charge in [0, 0.05) is 11.5 Å². The summed E-state index contributed by atoms with van der Waals surface area (Å²) < 4.78 is 4.38. The number of rotatable bonds is 6. The van der Waals surface area contributed by atoms with Gasteiger partial charge in [0.05, 0.1) is 19.8 Å². The molecule has 0 saturated carbocycles. The SMILES string of the molecule is COC(=O)C(C)(O)CSCC(O)CO. The number of hydrogen-bond donors (Lipinski definition) is 3. The lowest BCUT2D eigenvalue weighted by molar-refractivity contribution is -0.158. The number of aliphatic hydroxyl groups excluding tert-OH is 2. The second-order valence-corrected chi connectivity index (χ2v) is 4.15. The van der Waals surface area contributed by atoms with Gasteiger partial charge >= 0.3 is 5.97 Å². The van der Waals surface area contributed by atoms with E-state index < -0.39 is 17.7 Å². The fourth-order valence-electron chi connectivity index (χ4n) is 0.725. The van der Waals surface area contributed by atoms with Crippen LogP contribution in [0.5, 0.6) is 0 Å². The van der Waals surface area contributed by atoms with E-state index in [1.807, 2.05) is 0 Å². The molecule has 0 rings (SSSR count). The van der Waals surface area contributed by atoms with Crippen molar-refractivity contribution >= 4 is 17.7 Å². The topological polar surface area (TPSA) is 87.0 Å². The summed E-state index contributed by atoms with van der Waals surface area (Å²) in [5.41, 5.74) is -1.55. The summed E-state index contributed by atoms with van der Waals surface area (Å²) in [6.45, 7) is 1.02. The molecule has 3 N–H and O–H groups in total. The largest absolute Gasteiger partial charge is 0.467 e. The summed E-state index contributed by atoms with van der Waals surface area (Å²) in [5, 5.41) is 27.0. The molecule has 0 saturated heterocycles. The molecule has 0 aromatic rings. The number of hydrogen-bond acceptors (Lipinski definition) is 6. The third-order valence-corrected chi connectivity index (χ3v) is 2.92. The Hall–Kier alpha value is -0.300. The molecular formula is C8H16O5S. The number of aliphatic hydroxyl groups is 3. The lowest BCUT2D eigenvalue weighted by Gasteiger charge is -2.19. The Morgan fingerprint density at radius 2 is 2.21 bits per heavy atom. The third kappa shape index (κ3) is 4.80. The first kappa shape index (κ1) is 13.7. The average molecular weight is 224 g/mol. The van der Waals surface area contributed by atoms with Gasteiger partial charge in [0.1, 0.15) is 0 Å². The van der Waals surface area contributed by atoms with Crippen LogP contribution in [0.15, 0.2) is 0 Å². The molecule has 0 amide bonds. The predicted molar refractivity (Wildman–Crippen MR) is 53.1 cm³/mol. The van der Waals surface area contributed by atoms with Crippen molar-refractivity contribution in [3.05, 3.63) is 0 Å². The van der Waals surface area contributed by atoms with Crippen molar-refractivity contribution in [2.45, 2.75) is 18.6 Å². The molecule has 0 aromatic heterocycles. The van der Waals surface area contributed by atoms with Gasteiger partial charge in [-0.15, -0.1) is 0 Å². The molecule has 0 aliphatic rings. The molecule has 0 spiro atoms.